The Labute approximate surface area is 276 Å². The van der Waals surface area contributed by atoms with Crippen molar-refractivity contribution < 1.29 is 23.9 Å². The van der Waals surface area contributed by atoms with Crippen molar-refractivity contribution in [1.82, 2.24) is 30.3 Å². The molecule has 6 rings (SSSR count). The van der Waals surface area contributed by atoms with Gasteiger partial charge in [0.25, 0.3) is 0 Å². The third kappa shape index (κ3) is 6.65. The number of nitrogens with zero attached hydrogens (tertiary/aromatic N) is 5. The molecule has 1 spiro atoms. The van der Waals surface area contributed by atoms with Crippen molar-refractivity contribution in [2.75, 3.05) is 52.6 Å². The molecule has 5 heterocycles. The lowest BCUT2D eigenvalue weighted by molar-refractivity contribution is -0.152. The largest absolute Gasteiger partial charge is 0.378 e. The van der Waals surface area contributed by atoms with Crippen molar-refractivity contribution in [3.8, 4) is 5.00 Å². The van der Waals surface area contributed by atoms with Crippen LogP contribution < -0.4 is 10.6 Å². The van der Waals surface area contributed by atoms with Gasteiger partial charge >= 0.3 is 0 Å². The zero-order chi connectivity index (χ0) is 32.4. The number of fused-ring (bicyclic) bond motifs is 3. The molecule has 2 fully saturated rings. The van der Waals surface area contributed by atoms with Gasteiger partial charge < -0.3 is 14.8 Å². The van der Waals surface area contributed by atoms with E-state index in [0.29, 0.717) is 69.8 Å². The lowest BCUT2D eigenvalue weighted by Gasteiger charge is -2.50. The van der Waals surface area contributed by atoms with E-state index >= 15 is 0 Å². The summed E-state index contributed by atoms with van der Waals surface area (Å²) in [6.07, 6.45) is 1.14. The lowest BCUT2D eigenvalue weighted by Crippen LogP contribution is -2.66. The zero-order valence-corrected chi connectivity index (χ0v) is 27.8. The van der Waals surface area contributed by atoms with Crippen molar-refractivity contribution in [3.63, 3.8) is 0 Å². The molecule has 12 nitrogen and oxygen atoms in total. The predicted molar refractivity (Wildman–Crippen MR) is 174 cm³/mol. The number of aryl methyl sites for hydroxylation is 2. The number of imide groups is 1. The molecule has 14 heteroatoms. The molecule has 0 aliphatic carbocycles. The summed E-state index contributed by atoms with van der Waals surface area (Å²) in [7, 11) is 0. The number of aliphatic imine (C=N–C) groups is 1. The van der Waals surface area contributed by atoms with Crippen LogP contribution in [-0.4, -0.2) is 95.7 Å². The summed E-state index contributed by atoms with van der Waals surface area (Å²) in [4.78, 5) is 45.1. The van der Waals surface area contributed by atoms with E-state index in [1.807, 2.05) is 35.8 Å². The van der Waals surface area contributed by atoms with Crippen molar-refractivity contribution in [2.24, 2.45) is 10.4 Å². The Morgan fingerprint density at radius 2 is 1.83 bits per heavy atom. The van der Waals surface area contributed by atoms with E-state index in [-0.39, 0.29) is 24.1 Å². The van der Waals surface area contributed by atoms with Gasteiger partial charge in [-0.2, -0.15) is 0 Å². The highest BCUT2D eigenvalue weighted by Crippen LogP contribution is 2.40. The number of amides is 3. The summed E-state index contributed by atoms with van der Waals surface area (Å²) in [6, 6.07) is 7.07. The molecule has 3 amide bonds. The average Bonchev–Trinajstić information content (AvgIpc) is 3.48. The Hall–Kier alpha value is -3.49. The second-order valence-corrected chi connectivity index (χ2v) is 13.7. The summed E-state index contributed by atoms with van der Waals surface area (Å²) in [5, 5.41) is 15.9. The van der Waals surface area contributed by atoms with E-state index in [1.165, 1.54) is 4.88 Å². The average molecular weight is 668 g/mol. The normalized spacial score (nSPS) is 18.8. The van der Waals surface area contributed by atoms with E-state index in [9.17, 15) is 14.4 Å². The minimum Gasteiger partial charge on any atom is -0.378 e. The number of ether oxygens (including phenoxy) is 2. The monoisotopic (exact) mass is 667 g/mol. The number of nitrogens with one attached hydrogen (secondary N) is 2. The first kappa shape index (κ1) is 32.5. The van der Waals surface area contributed by atoms with Crippen molar-refractivity contribution in [3.05, 3.63) is 62.5 Å². The van der Waals surface area contributed by atoms with Crippen LogP contribution in [0.5, 0.6) is 0 Å². The van der Waals surface area contributed by atoms with Crippen LogP contribution in [0.25, 0.3) is 5.00 Å². The predicted octanol–water partition coefficient (Wildman–Crippen LogP) is 3.08. The molecule has 1 aromatic carbocycles. The number of hydrogen-bond acceptors (Lipinski definition) is 10. The van der Waals surface area contributed by atoms with E-state index in [0.717, 1.165) is 39.8 Å². The molecule has 244 valence electrons. The second kappa shape index (κ2) is 13.7. The van der Waals surface area contributed by atoms with Crippen LogP contribution in [0.1, 0.15) is 58.5 Å². The van der Waals surface area contributed by atoms with Crippen LogP contribution in [0.3, 0.4) is 0 Å². The van der Waals surface area contributed by atoms with Gasteiger partial charge in [-0.3, -0.25) is 34.2 Å². The lowest BCUT2D eigenvalue weighted by atomic mass is 9.73. The van der Waals surface area contributed by atoms with Gasteiger partial charge in [-0.25, -0.2) is 0 Å². The second-order valence-electron chi connectivity index (χ2n) is 12.1. The van der Waals surface area contributed by atoms with Crippen LogP contribution in [0, 0.1) is 26.2 Å². The number of piperidine rings is 1. The standard InChI is InChI=1S/C32H38ClN7O5S/c1-19-20(2)46-30-27(19)28(22-4-6-23(33)7-5-22)35-24(29-38-37-21(3)40(29)30)16-26(42)34-10-12-44-14-15-45-13-11-39-17-32(18-39)9-8-25(41)36-31(32)43/h4-7,24H,8-18H2,1-3H3,(H,34,42)(H,36,41,43)/t24-/m0/s1. The molecule has 2 aromatic heterocycles. The maximum Gasteiger partial charge on any atom is 0.235 e. The molecule has 0 unspecified atom stereocenters. The Kier molecular flexibility index (Phi) is 9.67. The van der Waals surface area contributed by atoms with Gasteiger partial charge in [-0.1, -0.05) is 23.7 Å². The number of aromatic nitrogens is 3. The molecule has 46 heavy (non-hydrogen) atoms. The Bertz CT molecular complexity index is 1660. The highest BCUT2D eigenvalue weighted by Gasteiger charge is 2.51. The number of benzene rings is 1. The number of thiophene rings is 1. The minimum atomic E-state index is -0.531. The Morgan fingerprint density at radius 3 is 2.57 bits per heavy atom. The molecule has 0 radical (unpaired) electrons. The maximum absolute atomic E-state index is 13.1. The molecule has 0 bridgehead atoms. The van der Waals surface area contributed by atoms with Gasteiger partial charge in [-0.15, -0.1) is 21.5 Å². The first-order chi connectivity index (χ1) is 22.1. The number of halogens is 1. The summed E-state index contributed by atoms with van der Waals surface area (Å²) in [5.41, 5.74) is 3.48. The molecular weight excluding hydrogens is 630 g/mol. The summed E-state index contributed by atoms with van der Waals surface area (Å²) < 4.78 is 13.4. The summed E-state index contributed by atoms with van der Waals surface area (Å²) >= 11 is 7.87. The van der Waals surface area contributed by atoms with Crippen LogP contribution in [0.15, 0.2) is 29.3 Å². The summed E-state index contributed by atoms with van der Waals surface area (Å²) in [6.45, 7) is 10.2. The zero-order valence-electron chi connectivity index (χ0n) is 26.2. The van der Waals surface area contributed by atoms with E-state index < -0.39 is 11.5 Å². The van der Waals surface area contributed by atoms with Crippen LogP contribution in [0.4, 0.5) is 0 Å². The fourth-order valence-corrected chi connectivity index (χ4v) is 7.56. The highest BCUT2D eigenvalue weighted by atomic mass is 35.5. The van der Waals surface area contributed by atoms with Gasteiger partial charge in [0.15, 0.2) is 5.82 Å². The third-order valence-electron chi connectivity index (χ3n) is 8.85. The quantitative estimate of drug-likeness (QED) is 0.222. The van der Waals surface area contributed by atoms with E-state index in [2.05, 4.69) is 39.6 Å². The number of carbonyl (C=O) groups is 3. The minimum absolute atomic E-state index is 0.112. The Balaban J connectivity index is 0.968. The van der Waals surface area contributed by atoms with Gasteiger partial charge in [0.05, 0.1) is 44.0 Å². The van der Waals surface area contributed by atoms with Gasteiger partial charge in [0.2, 0.25) is 17.7 Å². The van der Waals surface area contributed by atoms with Crippen molar-refractivity contribution in [1.29, 1.82) is 0 Å². The van der Waals surface area contributed by atoms with E-state index in [4.69, 9.17) is 26.1 Å². The molecular formula is C32H38ClN7O5S. The molecule has 3 aromatic rings. The molecule has 2 saturated heterocycles. The van der Waals surface area contributed by atoms with Crippen LogP contribution in [-0.2, 0) is 23.9 Å². The number of carbonyl (C=O) groups excluding carboxylic acids is 3. The smallest absolute Gasteiger partial charge is 0.235 e. The molecule has 0 saturated carbocycles. The van der Waals surface area contributed by atoms with Crippen molar-refractivity contribution >= 4 is 46.4 Å². The molecule has 1 atom stereocenters. The van der Waals surface area contributed by atoms with Crippen LogP contribution >= 0.6 is 22.9 Å². The van der Waals surface area contributed by atoms with E-state index in [1.54, 1.807) is 11.3 Å². The van der Waals surface area contributed by atoms with Gasteiger partial charge in [0.1, 0.15) is 16.9 Å². The SMILES string of the molecule is Cc1sc2c(c1C)C(c1ccc(Cl)cc1)=N[C@@H](CC(=O)NCCOCCOCCN1CC3(CCC(=O)NC3=O)C1)c1nnc(C)n1-2. The Morgan fingerprint density at radius 1 is 1.09 bits per heavy atom. The third-order valence-corrected chi connectivity index (χ3v) is 10.3. The van der Waals surface area contributed by atoms with Gasteiger partial charge in [-0.05, 0) is 44.9 Å². The topological polar surface area (TPSA) is 140 Å². The fourth-order valence-electron chi connectivity index (χ4n) is 6.22. The van der Waals surface area contributed by atoms with Gasteiger partial charge in [0, 0.05) is 53.6 Å². The number of hydrogen-bond donors (Lipinski definition) is 2. The molecule has 3 aliphatic heterocycles. The number of rotatable bonds is 12. The maximum atomic E-state index is 13.1. The molecule has 3 aliphatic rings. The first-order valence-electron chi connectivity index (χ1n) is 15.5. The summed E-state index contributed by atoms with van der Waals surface area (Å²) in [5.74, 6) is 0.897. The fraction of sp³-hybridized carbons (Fsp3) is 0.500. The first-order valence-corrected chi connectivity index (χ1v) is 16.7. The number of likely N-dealkylation sites (tertiary alicyclic amines) is 1. The highest BCUT2D eigenvalue weighted by molar-refractivity contribution is 7.15. The van der Waals surface area contributed by atoms with Crippen molar-refractivity contribution in [2.45, 2.75) is 46.1 Å². The van der Waals surface area contributed by atoms with Crippen LogP contribution in [0.2, 0.25) is 5.02 Å². The molecule has 2 N–H and O–H groups in total.